The van der Waals surface area contributed by atoms with Crippen LogP contribution in [0.15, 0.2) is 48.0 Å². The van der Waals surface area contributed by atoms with Gasteiger partial charge in [-0.05, 0) is 50.5 Å². The molecule has 130 valence electrons. The van der Waals surface area contributed by atoms with Crippen molar-refractivity contribution in [3.05, 3.63) is 75.2 Å². The van der Waals surface area contributed by atoms with E-state index in [-0.39, 0.29) is 0 Å². The second-order valence-electron chi connectivity index (χ2n) is 6.42. The first-order valence-corrected chi connectivity index (χ1v) is 9.34. The minimum absolute atomic E-state index is 0.534. The van der Waals surface area contributed by atoms with E-state index in [1.165, 1.54) is 33.6 Å². The van der Waals surface area contributed by atoms with Crippen molar-refractivity contribution in [1.82, 2.24) is 4.98 Å². The first-order valence-electron chi connectivity index (χ1n) is 8.46. The van der Waals surface area contributed by atoms with Gasteiger partial charge in [-0.15, -0.1) is 11.3 Å². The molecule has 0 amide bonds. The lowest BCUT2D eigenvalue weighted by molar-refractivity contribution is 1.32. The maximum atomic E-state index is 9.56. The molecule has 0 aliphatic carbocycles. The largest absolute Gasteiger partial charge is 0.360 e. The van der Waals surface area contributed by atoms with Crippen molar-refractivity contribution in [2.45, 2.75) is 27.7 Å². The summed E-state index contributed by atoms with van der Waals surface area (Å²) in [5.41, 5.74) is 8.38. The molecule has 0 fully saturated rings. The number of aryl methyl sites for hydroxylation is 3. The molecule has 1 aromatic heterocycles. The highest BCUT2D eigenvalue weighted by Crippen LogP contribution is 2.29. The average molecular weight is 359 g/mol. The van der Waals surface area contributed by atoms with E-state index in [4.69, 9.17) is 0 Å². The second kappa shape index (κ2) is 7.55. The highest BCUT2D eigenvalue weighted by Gasteiger charge is 2.11. The van der Waals surface area contributed by atoms with Gasteiger partial charge in [-0.2, -0.15) is 5.26 Å². The standard InChI is InChI=1S/C22H21N3S/c1-14-8-9-19(16(3)10-14)21-13-26-22(25-21)18(11-23)12-24-20-7-5-6-15(2)17(20)4/h5-10,12-13,24H,1-4H3/b18-12-. The Hall–Kier alpha value is -2.90. The SMILES string of the molecule is Cc1ccc(-c2csc(/C(C#N)=C\Nc3cccc(C)c3C)n2)c(C)c1. The zero-order valence-electron chi connectivity index (χ0n) is 15.4. The van der Waals surface area contributed by atoms with Crippen LogP contribution in [0.5, 0.6) is 0 Å². The van der Waals surface area contributed by atoms with E-state index < -0.39 is 0 Å². The van der Waals surface area contributed by atoms with E-state index in [0.29, 0.717) is 5.57 Å². The highest BCUT2D eigenvalue weighted by atomic mass is 32.1. The summed E-state index contributed by atoms with van der Waals surface area (Å²) in [6.45, 7) is 8.31. The third-order valence-corrected chi connectivity index (χ3v) is 5.37. The lowest BCUT2D eigenvalue weighted by Crippen LogP contribution is -1.95. The molecule has 3 aromatic rings. The Labute approximate surface area is 158 Å². The van der Waals surface area contributed by atoms with Gasteiger partial charge in [0.25, 0.3) is 0 Å². The van der Waals surface area contributed by atoms with Gasteiger partial charge in [0.2, 0.25) is 0 Å². The molecule has 0 bridgehead atoms. The quantitative estimate of drug-likeness (QED) is 0.579. The number of nitriles is 1. The maximum absolute atomic E-state index is 9.56. The van der Waals surface area contributed by atoms with Crippen LogP contribution >= 0.6 is 11.3 Å². The van der Waals surface area contributed by atoms with E-state index in [2.05, 4.69) is 68.3 Å². The molecule has 0 atom stereocenters. The number of benzene rings is 2. The zero-order chi connectivity index (χ0) is 18.7. The fourth-order valence-corrected chi connectivity index (χ4v) is 3.61. The smallest absolute Gasteiger partial charge is 0.136 e. The van der Waals surface area contributed by atoms with Crippen LogP contribution in [0, 0.1) is 39.0 Å². The molecular formula is C22H21N3S. The molecule has 1 heterocycles. The summed E-state index contributed by atoms with van der Waals surface area (Å²) in [7, 11) is 0. The van der Waals surface area contributed by atoms with Crippen molar-refractivity contribution >= 4 is 22.6 Å². The predicted octanol–water partition coefficient (Wildman–Crippen LogP) is 6.02. The van der Waals surface area contributed by atoms with Crippen LogP contribution in [0.4, 0.5) is 5.69 Å². The Morgan fingerprint density at radius 1 is 1.12 bits per heavy atom. The average Bonchev–Trinajstić information content (AvgIpc) is 3.08. The Kier molecular flexibility index (Phi) is 5.20. The highest BCUT2D eigenvalue weighted by molar-refractivity contribution is 7.11. The predicted molar refractivity (Wildman–Crippen MR) is 110 cm³/mol. The van der Waals surface area contributed by atoms with Crippen LogP contribution < -0.4 is 5.32 Å². The fourth-order valence-electron chi connectivity index (χ4n) is 2.82. The Morgan fingerprint density at radius 3 is 2.65 bits per heavy atom. The van der Waals surface area contributed by atoms with Gasteiger partial charge in [0, 0.05) is 22.8 Å². The molecule has 4 heteroatoms. The molecule has 3 rings (SSSR count). The van der Waals surface area contributed by atoms with Crippen LogP contribution in [0.2, 0.25) is 0 Å². The molecule has 0 aliphatic heterocycles. The summed E-state index contributed by atoms with van der Waals surface area (Å²) in [5.74, 6) is 0. The molecule has 3 nitrogen and oxygen atoms in total. The molecule has 2 aromatic carbocycles. The Morgan fingerprint density at radius 2 is 1.92 bits per heavy atom. The Bertz CT molecular complexity index is 1020. The third-order valence-electron chi connectivity index (χ3n) is 4.49. The number of anilines is 1. The third kappa shape index (κ3) is 3.68. The molecule has 0 aliphatic rings. The monoisotopic (exact) mass is 359 g/mol. The first kappa shape index (κ1) is 17.9. The molecule has 26 heavy (non-hydrogen) atoms. The first-order chi connectivity index (χ1) is 12.5. The fraction of sp³-hybridized carbons (Fsp3) is 0.182. The topological polar surface area (TPSA) is 48.7 Å². The zero-order valence-corrected chi connectivity index (χ0v) is 16.2. The van der Waals surface area contributed by atoms with Crippen LogP contribution in [0.25, 0.3) is 16.8 Å². The summed E-state index contributed by atoms with van der Waals surface area (Å²) in [6.07, 6.45) is 1.74. The van der Waals surface area contributed by atoms with E-state index in [1.807, 2.05) is 17.5 Å². The Balaban J connectivity index is 1.89. The van der Waals surface area contributed by atoms with Crippen molar-refractivity contribution in [3.63, 3.8) is 0 Å². The summed E-state index contributed by atoms with van der Waals surface area (Å²) in [5, 5.41) is 15.5. The molecular weight excluding hydrogens is 338 g/mol. The van der Waals surface area contributed by atoms with Crippen molar-refractivity contribution in [1.29, 1.82) is 5.26 Å². The normalized spacial score (nSPS) is 11.3. The number of nitrogens with one attached hydrogen (secondary N) is 1. The summed E-state index contributed by atoms with van der Waals surface area (Å²) in [4.78, 5) is 4.68. The van der Waals surface area contributed by atoms with Crippen molar-refractivity contribution in [2.75, 3.05) is 5.32 Å². The van der Waals surface area contributed by atoms with Gasteiger partial charge in [-0.3, -0.25) is 0 Å². The number of aromatic nitrogens is 1. The van der Waals surface area contributed by atoms with Gasteiger partial charge in [0.05, 0.1) is 5.69 Å². The summed E-state index contributed by atoms with van der Waals surface area (Å²) >= 11 is 1.49. The number of hydrogen-bond donors (Lipinski definition) is 1. The molecule has 0 saturated heterocycles. The van der Waals surface area contributed by atoms with Crippen LogP contribution in [0.1, 0.15) is 27.3 Å². The maximum Gasteiger partial charge on any atom is 0.136 e. The van der Waals surface area contributed by atoms with Crippen molar-refractivity contribution in [2.24, 2.45) is 0 Å². The molecule has 0 unspecified atom stereocenters. The van der Waals surface area contributed by atoms with E-state index >= 15 is 0 Å². The molecule has 1 N–H and O–H groups in total. The van der Waals surface area contributed by atoms with Crippen LogP contribution in [-0.2, 0) is 0 Å². The van der Waals surface area contributed by atoms with Crippen molar-refractivity contribution < 1.29 is 0 Å². The number of thiazole rings is 1. The lowest BCUT2D eigenvalue weighted by Gasteiger charge is -2.08. The number of hydrogen-bond acceptors (Lipinski definition) is 4. The number of rotatable bonds is 4. The molecule has 0 saturated carbocycles. The molecule has 0 spiro atoms. The second-order valence-corrected chi connectivity index (χ2v) is 7.28. The summed E-state index contributed by atoms with van der Waals surface area (Å²) < 4.78 is 0. The minimum atomic E-state index is 0.534. The van der Waals surface area contributed by atoms with E-state index in [9.17, 15) is 5.26 Å². The van der Waals surface area contributed by atoms with Crippen LogP contribution in [-0.4, -0.2) is 4.98 Å². The van der Waals surface area contributed by atoms with Gasteiger partial charge in [-0.1, -0.05) is 35.9 Å². The number of allylic oxidation sites excluding steroid dienone is 1. The molecule has 0 radical (unpaired) electrons. The van der Waals surface area contributed by atoms with Crippen molar-refractivity contribution in [3.8, 4) is 17.3 Å². The van der Waals surface area contributed by atoms with Gasteiger partial charge in [0.15, 0.2) is 0 Å². The van der Waals surface area contributed by atoms with Crippen LogP contribution in [0.3, 0.4) is 0 Å². The van der Waals surface area contributed by atoms with Gasteiger partial charge in [0.1, 0.15) is 16.6 Å². The van der Waals surface area contributed by atoms with E-state index in [1.54, 1.807) is 6.20 Å². The minimum Gasteiger partial charge on any atom is -0.360 e. The van der Waals surface area contributed by atoms with E-state index in [0.717, 1.165) is 22.0 Å². The lowest BCUT2D eigenvalue weighted by atomic mass is 10.0. The summed E-state index contributed by atoms with van der Waals surface area (Å²) in [6, 6.07) is 14.7. The van der Waals surface area contributed by atoms with Gasteiger partial charge >= 0.3 is 0 Å². The van der Waals surface area contributed by atoms with Gasteiger partial charge in [-0.25, -0.2) is 4.98 Å². The van der Waals surface area contributed by atoms with Gasteiger partial charge < -0.3 is 5.32 Å². The number of nitrogens with zero attached hydrogens (tertiary/aromatic N) is 2.